The van der Waals surface area contributed by atoms with Crippen molar-refractivity contribution >= 4 is 28.5 Å². The van der Waals surface area contributed by atoms with E-state index in [2.05, 4.69) is 0 Å². The first-order valence-electron chi connectivity index (χ1n) is 4.98. The zero-order chi connectivity index (χ0) is 11.9. The molecule has 0 aliphatic carbocycles. The maximum Gasteiger partial charge on any atom is 0.310 e. The molecule has 0 radical (unpaired) electrons. The van der Waals surface area contributed by atoms with Crippen molar-refractivity contribution in [3.8, 4) is 0 Å². The molecule has 0 fully saturated rings. The van der Waals surface area contributed by atoms with Crippen molar-refractivity contribution in [1.82, 2.24) is 4.57 Å². The second kappa shape index (κ2) is 3.83. The van der Waals surface area contributed by atoms with Crippen molar-refractivity contribution in [3.05, 3.63) is 35.0 Å². The highest BCUT2D eigenvalue weighted by molar-refractivity contribution is 6.31. The smallest absolute Gasteiger partial charge is 0.310 e. The van der Waals surface area contributed by atoms with Gasteiger partial charge in [0.1, 0.15) is 0 Å². The summed E-state index contributed by atoms with van der Waals surface area (Å²) in [6, 6.07) is 5.51. The summed E-state index contributed by atoms with van der Waals surface area (Å²) in [4.78, 5) is 11.0. The summed E-state index contributed by atoms with van der Waals surface area (Å²) < 4.78 is 1.92. The molecular weight excluding hydrogens is 226 g/mol. The molecule has 0 saturated heterocycles. The van der Waals surface area contributed by atoms with Crippen LogP contribution < -0.4 is 0 Å². The highest BCUT2D eigenvalue weighted by Gasteiger charge is 2.18. The Morgan fingerprint density at radius 1 is 1.50 bits per heavy atom. The molecule has 84 valence electrons. The Kier molecular flexibility index (Phi) is 2.64. The van der Waals surface area contributed by atoms with Crippen molar-refractivity contribution in [2.45, 2.75) is 12.8 Å². The summed E-state index contributed by atoms with van der Waals surface area (Å²) in [5, 5.41) is 10.6. The van der Waals surface area contributed by atoms with Gasteiger partial charge >= 0.3 is 5.97 Å². The quantitative estimate of drug-likeness (QED) is 0.873. The largest absolute Gasteiger partial charge is 0.481 e. The van der Waals surface area contributed by atoms with E-state index < -0.39 is 11.9 Å². The first kappa shape index (κ1) is 11.0. The van der Waals surface area contributed by atoms with Gasteiger partial charge in [-0.2, -0.15) is 0 Å². The molecule has 1 N–H and O–H groups in total. The number of aromatic nitrogens is 1. The van der Waals surface area contributed by atoms with E-state index in [1.165, 1.54) is 0 Å². The van der Waals surface area contributed by atoms with Gasteiger partial charge < -0.3 is 9.67 Å². The summed E-state index contributed by atoms with van der Waals surface area (Å²) in [5.41, 5.74) is 1.79. The van der Waals surface area contributed by atoms with Gasteiger partial charge in [-0.3, -0.25) is 4.79 Å². The van der Waals surface area contributed by atoms with Gasteiger partial charge in [0.15, 0.2) is 0 Å². The number of benzene rings is 1. The lowest BCUT2D eigenvalue weighted by atomic mass is 10.0. The van der Waals surface area contributed by atoms with Crippen LogP contribution in [-0.2, 0) is 11.8 Å². The summed E-state index contributed by atoms with van der Waals surface area (Å²) in [6.45, 7) is 1.68. The number of nitrogens with zero attached hydrogens (tertiary/aromatic N) is 1. The molecule has 2 aromatic rings. The van der Waals surface area contributed by atoms with Gasteiger partial charge in [0.2, 0.25) is 0 Å². The number of hydrogen-bond donors (Lipinski definition) is 1. The van der Waals surface area contributed by atoms with Crippen LogP contribution in [0.1, 0.15) is 18.4 Å². The Bertz CT molecular complexity index is 559. The highest BCUT2D eigenvalue weighted by Crippen LogP contribution is 2.29. The van der Waals surface area contributed by atoms with Gasteiger partial charge in [0.25, 0.3) is 0 Å². The van der Waals surface area contributed by atoms with Crippen molar-refractivity contribution in [2.75, 3.05) is 0 Å². The second-order valence-corrected chi connectivity index (χ2v) is 4.35. The lowest BCUT2D eigenvalue weighted by Gasteiger charge is -2.03. The summed E-state index contributed by atoms with van der Waals surface area (Å²) in [5.74, 6) is -1.35. The number of carbonyl (C=O) groups is 1. The minimum atomic E-state index is -0.826. The van der Waals surface area contributed by atoms with Crippen LogP contribution in [0.15, 0.2) is 24.4 Å². The Morgan fingerprint density at radius 2 is 2.19 bits per heavy atom. The Balaban J connectivity index is 2.70. The van der Waals surface area contributed by atoms with Gasteiger partial charge in [-0.25, -0.2) is 0 Å². The molecule has 0 aliphatic heterocycles. The zero-order valence-corrected chi connectivity index (χ0v) is 9.82. The van der Waals surface area contributed by atoms with Gasteiger partial charge in [0, 0.05) is 29.2 Å². The molecule has 0 amide bonds. The normalized spacial score (nSPS) is 12.9. The van der Waals surface area contributed by atoms with Crippen LogP contribution in [-0.4, -0.2) is 15.6 Å². The van der Waals surface area contributed by atoms with Crippen LogP contribution in [0.25, 0.3) is 10.9 Å². The Hall–Kier alpha value is -1.48. The molecule has 4 heteroatoms. The van der Waals surface area contributed by atoms with Crippen molar-refractivity contribution < 1.29 is 9.90 Å². The number of rotatable bonds is 2. The molecule has 1 unspecified atom stereocenters. The van der Waals surface area contributed by atoms with Crippen LogP contribution >= 0.6 is 11.6 Å². The molecule has 1 aromatic carbocycles. The fraction of sp³-hybridized carbons (Fsp3) is 0.250. The molecule has 2 rings (SSSR count). The van der Waals surface area contributed by atoms with E-state index in [-0.39, 0.29) is 0 Å². The van der Waals surface area contributed by atoms with Crippen LogP contribution in [0.3, 0.4) is 0 Å². The standard InChI is InChI=1S/C12H12ClNO2/c1-7(12(15)16)10-6-14(2)11-4-3-8(13)5-9(10)11/h3-7H,1-2H3,(H,15,16). The predicted molar refractivity (Wildman–Crippen MR) is 64.0 cm³/mol. The van der Waals surface area contributed by atoms with Crippen molar-refractivity contribution in [1.29, 1.82) is 0 Å². The van der Waals surface area contributed by atoms with Crippen molar-refractivity contribution in [2.24, 2.45) is 7.05 Å². The third kappa shape index (κ3) is 1.67. The minimum Gasteiger partial charge on any atom is -0.481 e. The molecule has 16 heavy (non-hydrogen) atoms. The number of fused-ring (bicyclic) bond motifs is 1. The summed E-state index contributed by atoms with van der Waals surface area (Å²) in [6.07, 6.45) is 1.85. The van der Waals surface area contributed by atoms with Crippen molar-refractivity contribution in [3.63, 3.8) is 0 Å². The molecule has 0 bridgehead atoms. The maximum absolute atomic E-state index is 11.0. The fourth-order valence-electron chi connectivity index (χ4n) is 1.87. The third-order valence-electron chi connectivity index (χ3n) is 2.82. The SMILES string of the molecule is CC(C(=O)O)c1cn(C)c2ccc(Cl)cc12. The second-order valence-electron chi connectivity index (χ2n) is 3.92. The topological polar surface area (TPSA) is 42.2 Å². The van der Waals surface area contributed by atoms with Gasteiger partial charge in [-0.05, 0) is 30.7 Å². The molecule has 0 saturated carbocycles. The van der Waals surface area contributed by atoms with Crippen LogP contribution in [0, 0.1) is 0 Å². The van der Waals surface area contributed by atoms with Crippen LogP contribution in [0.2, 0.25) is 5.02 Å². The van der Waals surface area contributed by atoms with E-state index in [9.17, 15) is 4.79 Å². The molecular formula is C12H12ClNO2. The number of aryl methyl sites for hydroxylation is 1. The lowest BCUT2D eigenvalue weighted by molar-refractivity contribution is -0.138. The number of aliphatic carboxylic acids is 1. The Morgan fingerprint density at radius 3 is 2.81 bits per heavy atom. The first-order valence-corrected chi connectivity index (χ1v) is 5.36. The highest BCUT2D eigenvalue weighted by atomic mass is 35.5. The average molecular weight is 238 g/mol. The minimum absolute atomic E-state index is 0.526. The molecule has 1 aromatic heterocycles. The summed E-state index contributed by atoms with van der Waals surface area (Å²) >= 11 is 5.93. The number of carboxylic acids is 1. The lowest BCUT2D eigenvalue weighted by Crippen LogP contribution is -2.06. The molecule has 1 heterocycles. The molecule has 0 spiro atoms. The van der Waals surface area contributed by atoms with E-state index in [1.807, 2.05) is 29.9 Å². The van der Waals surface area contributed by atoms with E-state index in [1.54, 1.807) is 13.0 Å². The molecule has 3 nitrogen and oxygen atoms in total. The number of hydrogen-bond acceptors (Lipinski definition) is 1. The average Bonchev–Trinajstić information content (AvgIpc) is 2.54. The van der Waals surface area contributed by atoms with Gasteiger partial charge in [0.05, 0.1) is 5.92 Å². The van der Waals surface area contributed by atoms with Gasteiger partial charge in [-0.1, -0.05) is 11.6 Å². The van der Waals surface area contributed by atoms with Crippen LogP contribution in [0.4, 0.5) is 0 Å². The Labute approximate surface area is 98.3 Å². The third-order valence-corrected chi connectivity index (χ3v) is 3.05. The van der Waals surface area contributed by atoms with E-state index in [0.717, 1.165) is 16.5 Å². The number of halogens is 1. The monoisotopic (exact) mass is 237 g/mol. The zero-order valence-electron chi connectivity index (χ0n) is 9.07. The van der Waals surface area contributed by atoms with Crippen LogP contribution in [0.5, 0.6) is 0 Å². The van der Waals surface area contributed by atoms with Gasteiger partial charge in [-0.15, -0.1) is 0 Å². The van der Waals surface area contributed by atoms with E-state index in [4.69, 9.17) is 16.7 Å². The van der Waals surface area contributed by atoms with E-state index >= 15 is 0 Å². The first-order chi connectivity index (χ1) is 7.50. The number of carboxylic acid groups (broad SMARTS) is 1. The molecule has 1 atom stereocenters. The maximum atomic E-state index is 11.0. The predicted octanol–water partition coefficient (Wildman–Crippen LogP) is 3.02. The molecule has 0 aliphatic rings. The van der Waals surface area contributed by atoms with E-state index in [0.29, 0.717) is 5.02 Å². The fourth-order valence-corrected chi connectivity index (χ4v) is 2.04. The summed E-state index contributed by atoms with van der Waals surface area (Å²) in [7, 11) is 1.90.